The van der Waals surface area contributed by atoms with Crippen molar-refractivity contribution in [2.75, 3.05) is 18.1 Å². The van der Waals surface area contributed by atoms with Gasteiger partial charge in [0.15, 0.2) is 5.11 Å². The molecule has 1 aliphatic heterocycles. The number of benzene rings is 3. The third-order valence-corrected chi connectivity index (χ3v) is 5.62. The van der Waals surface area contributed by atoms with E-state index in [-0.39, 0.29) is 10.7 Å². The maximum absolute atomic E-state index is 13.4. The molecule has 3 aromatic carbocycles. The van der Waals surface area contributed by atoms with Crippen molar-refractivity contribution in [1.82, 2.24) is 5.32 Å². The average molecular weight is 481 g/mol. The van der Waals surface area contributed by atoms with Crippen LogP contribution in [0.3, 0.4) is 0 Å². The molecule has 33 heavy (non-hydrogen) atoms. The van der Waals surface area contributed by atoms with E-state index in [0.717, 1.165) is 10.8 Å². The number of fused-ring (bicyclic) bond motifs is 1. The predicted octanol–water partition coefficient (Wildman–Crippen LogP) is 5.12. The molecule has 0 aromatic heterocycles. The number of nitrogens with one attached hydrogen (secondary N) is 1. The van der Waals surface area contributed by atoms with E-state index in [1.807, 2.05) is 44.2 Å². The average Bonchev–Trinajstić information content (AvgIpc) is 2.79. The number of carbonyl (C=O) groups excluding carboxylic acids is 2. The lowest BCUT2D eigenvalue weighted by Crippen LogP contribution is -2.54. The Bertz CT molecular complexity index is 1280. The number of thiocarbonyl (C=S) groups is 1. The molecule has 1 saturated heterocycles. The highest BCUT2D eigenvalue weighted by molar-refractivity contribution is 7.80. The van der Waals surface area contributed by atoms with Gasteiger partial charge >= 0.3 is 0 Å². The minimum Gasteiger partial charge on any atom is -0.494 e. The SMILES string of the molecule is CCOc1ccc2ccc(OCC)c(/C=C3\C(=O)NC(=S)N(c4ccc(Cl)cc4)C3=O)c2c1. The summed E-state index contributed by atoms with van der Waals surface area (Å²) in [6, 6.07) is 16.1. The maximum Gasteiger partial charge on any atom is 0.270 e. The molecule has 0 unspecified atom stereocenters. The van der Waals surface area contributed by atoms with Crippen molar-refractivity contribution >= 4 is 63.3 Å². The van der Waals surface area contributed by atoms with Crippen LogP contribution in [-0.2, 0) is 9.59 Å². The van der Waals surface area contributed by atoms with Gasteiger partial charge in [-0.25, -0.2) is 0 Å². The van der Waals surface area contributed by atoms with Crippen molar-refractivity contribution in [2.45, 2.75) is 13.8 Å². The zero-order valence-electron chi connectivity index (χ0n) is 18.1. The molecule has 4 rings (SSSR count). The van der Waals surface area contributed by atoms with E-state index in [0.29, 0.717) is 41.0 Å². The van der Waals surface area contributed by atoms with Gasteiger partial charge in [0, 0.05) is 10.6 Å². The van der Waals surface area contributed by atoms with Crippen LogP contribution in [0.15, 0.2) is 60.2 Å². The summed E-state index contributed by atoms with van der Waals surface area (Å²) in [4.78, 5) is 27.5. The fourth-order valence-electron chi connectivity index (χ4n) is 3.62. The molecule has 1 fully saturated rings. The molecule has 1 aliphatic rings. The number of halogens is 1. The van der Waals surface area contributed by atoms with Gasteiger partial charge in [0.25, 0.3) is 11.8 Å². The summed E-state index contributed by atoms with van der Waals surface area (Å²) in [5, 5.41) is 4.85. The van der Waals surface area contributed by atoms with Gasteiger partial charge in [-0.1, -0.05) is 23.7 Å². The lowest BCUT2D eigenvalue weighted by Gasteiger charge is -2.29. The second-order valence-corrected chi connectivity index (χ2v) is 7.98. The van der Waals surface area contributed by atoms with E-state index in [1.54, 1.807) is 30.3 Å². The number of ether oxygens (including phenoxy) is 2. The van der Waals surface area contributed by atoms with Gasteiger partial charge in [-0.05, 0) is 85.4 Å². The monoisotopic (exact) mass is 480 g/mol. The first-order valence-electron chi connectivity index (χ1n) is 10.4. The molecule has 0 atom stereocenters. The van der Waals surface area contributed by atoms with E-state index >= 15 is 0 Å². The van der Waals surface area contributed by atoms with Gasteiger partial charge in [-0.15, -0.1) is 0 Å². The second-order valence-electron chi connectivity index (χ2n) is 7.16. The maximum atomic E-state index is 13.4. The Hall–Kier alpha value is -3.42. The van der Waals surface area contributed by atoms with E-state index in [4.69, 9.17) is 33.3 Å². The lowest BCUT2D eigenvalue weighted by atomic mass is 9.99. The Morgan fingerprint density at radius 2 is 1.70 bits per heavy atom. The molecule has 6 nitrogen and oxygen atoms in total. The number of hydrogen-bond donors (Lipinski definition) is 1. The number of nitrogens with zero attached hydrogens (tertiary/aromatic N) is 1. The molecule has 168 valence electrons. The number of amides is 2. The summed E-state index contributed by atoms with van der Waals surface area (Å²) in [7, 11) is 0. The number of anilines is 1. The third kappa shape index (κ3) is 4.55. The van der Waals surface area contributed by atoms with Crippen LogP contribution in [0.4, 0.5) is 5.69 Å². The van der Waals surface area contributed by atoms with Crippen LogP contribution in [0.2, 0.25) is 5.02 Å². The predicted molar refractivity (Wildman–Crippen MR) is 134 cm³/mol. The second kappa shape index (κ2) is 9.60. The fourth-order valence-corrected chi connectivity index (χ4v) is 4.02. The molecular formula is C25H21ClN2O4S. The van der Waals surface area contributed by atoms with Crippen molar-refractivity contribution in [3.8, 4) is 11.5 Å². The van der Waals surface area contributed by atoms with Gasteiger partial charge in [0.1, 0.15) is 17.1 Å². The minimum absolute atomic E-state index is 0.00561. The summed E-state index contributed by atoms with van der Waals surface area (Å²) in [6.45, 7) is 4.72. The molecule has 0 saturated carbocycles. The molecule has 0 bridgehead atoms. The van der Waals surface area contributed by atoms with Crippen LogP contribution < -0.4 is 19.7 Å². The van der Waals surface area contributed by atoms with E-state index in [1.165, 1.54) is 4.90 Å². The van der Waals surface area contributed by atoms with Gasteiger partial charge in [0.05, 0.1) is 18.9 Å². The largest absolute Gasteiger partial charge is 0.494 e. The van der Waals surface area contributed by atoms with Crippen LogP contribution in [0, 0.1) is 0 Å². The van der Waals surface area contributed by atoms with Crippen LogP contribution in [-0.4, -0.2) is 30.1 Å². The van der Waals surface area contributed by atoms with Crippen LogP contribution in [0.25, 0.3) is 16.8 Å². The highest BCUT2D eigenvalue weighted by Gasteiger charge is 2.34. The first-order chi connectivity index (χ1) is 15.9. The first-order valence-corrected chi connectivity index (χ1v) is 11.2. The van der Waals surface area contributed by atoms with Gasteiger partial charge in [0.2, 0.25) is 0 Å². The van der Waals surface area contributed by atoms with Crippen molar-refractivity contribution in [2.24, 2.45) is 0 Å². The van der Waals surface area contributed by atoms with Gasteiger partial charge < -0.3 is 9.47 Å². The lowest BCUT2D eigenvalue weighted by molar-refractivity contribution is -0.122. The van der Waals surface area contributed by atoms with Crippen molar-refractivity contribution in [1.29, 1.82) is 0 Å². The third-order valence-electron chi connectivity index (χ3n) is 5.08. The Kier molecular flexibility index (Phi) is 6.62. The normalized spacial score (nSPS) is 15.2. The Morgan fingerprint density at radius 1 is 1.00 bits per heavy atom. The Morgan fingerprint density at radius 3 is 2.39 bits per heavy atom. The Labute approximate surface area is 201 Å². The van der Waals surface area contributed by atoms with Gasteiger partial charge in [-0.3, -0.25) is 19.8 Å². The topological polar surface area (TPSA) is 67.9 Å². The summed E-state index contributed by atoms with van der Waals surface area (Å²) in [6.07, 6.45) is 1.55. The van der Waals surface area contributed by atoms with E-state index in [9.17, 15) is 9.59 Å². The molecule has 1 N–H and O–H groups in total. The molecule has 3 aromatic rings. The van der Waals surface area contributed by atoms with Crippen LogP contribution in [0.1, 0.15) is 19.4 Å². The van der Waals surface area contributed by atoms with Crippen molar-refractivity contribution in [3.63, 3.8) is 0 Å². The van der Waals surface area contributed by atoms with E-state index in [2.05, 4.69) is 5.32 Å². The summed E-state index contributed by atoms with van der Waals surface area (Å²) < 4.78 is 11.5. The van der Waals surface area contributed by atoms with Crippen molar-refractivity contribution < 1.29 is 19.1 Å². The van der Waals surface area contributed by atoms with Crippen molar-refractivity contribution in [3.05, 3.63) is 70.8 Å². The highest BCUT2D eigenvalue weighted by Crippen LogP contribution is 2.34. The van der Waals surface area contributed by atoms with Crippen LogP contribution >= 0.6 is 23.8 Å². The summed E-state index contributed by atoms with van der Waals surface area (Å²) in [5.74, 6) is 0.127. The molecule has 1 heterocycles. The number of hydrogen-bond acceptors (Lipinski definition) is 5. The quantitative estimate of drug-likeness (QED) is 0.301. The fraction of sp³-hybridized carbons (Fsp3) is 0.160. The summed E-state index contributed by atoms with van der Waals surface area (Å²) in [5.41, 5.74) is 1.05. The van der Waals surface area contributed by atoms with Crippen LogP contribution in [0.5, 0.6) is 11.5 Å². The standard InChI is InChI=1S/C25H21ClN2O4S/c1-3-31-18-11-5-15-6-12-22(32-4-2)20(19(15)13-18)14-21-23(29)27-25(33)28(24(21)30)17-9-7-16(26)8-10-17/h5-14H,3-4H2,1-2H3,(H,27,29,33)/b21-14+. The molecular weight excluding hydrogens is 460 g/mol. The zero-order chi connectivity index (χ0) is 23.5. The smallest absolute Gasteiger partial charge is 0.270 e. The first kappa shape index (κ1) is 22.8. The molecule has 0 aliphatic carbocycles. The van der Waals surface area contributed by atoms with E-state index < -0.39 is 11.8 Å². The molecule has 0 spiro atoms. The zero-order valence-corrected chi connectivity index (χ0v) is 19.6. The molecule has 8 heteroatoms. The number of carbonyl (C=O) groups is 2. The highest BCUT2D eigenvalue weighted by atomic mass is 35.5. The number of rotatable bonds is 6. The minimum atomic E-state index is -0.573. The molecule has 2 amide bonds. The molecule has 0 radical (unpaired) electrons. The summed E-state index contributed by atoms with van der Waals surface area (Å²) >= 11 is 11.3. The Balaban J connectivity index is 1.87. The van der Waals surface area contributed by atoms with Gasteiger partial charge in [-0.2, -0.15) is 0 Å².